The molecule has 1 fully saturated rings. The van der Waals surface area contributed by atoms with Crippen LogP contribution in [0.5, 0.6) is 0 Å². The summed E-state index contributed by atoms with van der Waals surface area (Å²) in [5.41, 5.74) is 0.762. The van der Waals surface area contributed by atoms with E-state index in [1.807, 2.05) is 0 Å². The molecule has 0 N–H and O–H groups in total. The van der Waals surface area contributed by atoms with E-state index >= 15 is 0 Å². The molecule has 0 saturated carbocycles. The first kappa shape index (κ1) is 14.2. The van der Waals surface area contributed by atoms with Gasteiger partial charge in [0.25, 0.3) is 0 Å². The predicted octanol–water partition coefficient (Wildman–Crippen LogP) is 2.08. The average Bonchev–Trinajstić information content (AvgIpc) is 2.82. The van der Waals surface area contributed by atoms with Crippen LogP contribution < -0.4 is 4.90 Å². The number of amides is 1. The summed E-state index contributed by atoms with van der Waals surface area (Å²) in [7, 11) is 1.26. The highest BCUT2D eigenvalue weighted by atomic mass is 19.1. The molecule has 1 aromatic carbocycles. The van der Waals surface area contributed by atoms with Crippen LogP contribution in [0.15, 0.2) is 30.9 Å². The van der Waals surface area contributed by atoms with Gasteiger partial charge in [-0.3, -0.25) is 9.59 Å². The zero-order chi connectivity index (χ0) is 14.7. The molecule has 1 saturated heterocycles. The highest BCUT2D eigenvalue weighted by molar-refractivity contribution is 5.96. The lowest BCUT2D eigenvalue weighted by molar-refractivity contribution is -0.139. The molecule has 1 atom stereocenters. The molecule has 0 bridgehead atoms. The summed E-state index contributed by atoms with van der Waals surface area (Å²) < 4.78 is 18.4. The Morgan fingerprint density at radius 2 is 2.35 bits per heavy atom. The smallest absolute Gasteiger partial charge is 0.310 e. The van der Waals surface area contributed by atoms with E-state index in [1.54, 1.807) is 12.1 Å². The molecule has 0 aromatic heterocycles. The van der Waals surface area contributed by atoms with Crippen molar-refractivity contribution in [3.05, 3.63) is 42.2 Å². The maximum atomic E-state index is 13.9. The van der Waals surface area contributed by atoms with E-state index in [4.69, 9.17) is 0 Å². The van der Waals surface area contributed by atoms with Gasteiger partial charge in [-0.2, -0.15) is 0 Å². The Labute approximate surface area is 116 Å². The van der Waals surface area contributed by atoms with Crippen LogP contribution in [-0.4, -0.2) is 25.5 Å². The number of halogens is 1. The minimum absolute atomic E-state index is 0.0463. The first-order valence-electron chi connectivity index (χ1n) is 6.33. The summed E-state index contributed by atoms with van der Waals surface area (Å²) in [4.78, 5) is 24.5. The van der Waals surface area contributed by atoms with E-state index in [0.717, 1.165) is 0 Å². The van der Waals surface area contributed by atoms with Crippen molar-refractivity contribution >= 4 is 17.6 Å². The van der Waals surface area contributed by atoms with Gasteiger partial charge < -0.3 is 9.64 Å². The fraction of sp³-hybridized carbons (Fsp3) is 0.333. The summed E-state index contributed by atoms with van der Waals surface area (Å²) in [6.07, 6.45) is 2.01. The Morgan fingerprint density at radius 1 is 1.60 bits per heavy atom. The topological polar surface area (TPSA) is 46.6 Å². The monoisotopic (exact) mass is 277 g/mol. The van der Waals surface area contributed by atoms with E-state index in [0.29, 0.717) is 18.7 Å². The van der Waals surface area contributed by atoms with Crippen LogP contribution in [0.4, 0.5) is 10.1 Å². The van der Waals surface area contributed by atoms with Gasteiger partial charge in [0.1, 0.15) is 5.82 Å². The molecule has 0 radical (unpaired) electrons. The number of hydrogen-bond acceptors (Lipinski definition) is 3. The van der Waals surface area contributed by atoms with Crippen molar-refractivity contribution in [2.75, 3.05) is 18.6 Å². The number of ether oxygens (including phenoxy) is 1. The third-order valence-corrected chi connectivity index (χ3v) is 3.40. The van der Waals surface area contributed by atoms with E-state index in [2.05, 4.69) is 11.3 Å². The van der Waals surface area contributed by atoms with Crippen LogP contribution in [0.2, 0.25) is 0 Å². The molecule has 106 valence electrons. The van der Waals surface area contributed by atoms with Crippen LogP contribution in [0.1, 0.15) is 12.0 Å². The number of benzene rings is 1. The second kappa shape index (κ2) is 5.86. The summed E-state index contributed by atoms with van der Waals surface area (Å²) in [5, 5.41) is 0. The van der Waals surface area contributed by atoms with Crippen molar-refractivity contribution in [1.29, 1.82) is 0 Å². The van der Waals surface area contributed by atoms with Crippen LogP contribution in [-0.2, 0) is 20.7 Å². The number of esters is 1. The molecule has 1 heterocycles. The maximum Gasteiger partial charge on any atom is 0.310 e. The van der Waals surface area contributed by atoms with Crippen molar-refractivity contribution in [1.82, 2.24) is 0 Å². The normalized spacial score (nSPS) is 18.2. The number of nitrogens with zero attached hydrogens (tertiary/aromatic N) is 1. The first-order valence-corrected chi connectivity index (χ1v) is 6.33. The number of carbonyl (C=O) groups excluding carboxylic acids is 2. The van der Waals surface area contributed by atoms with Crippen molar-refractivity contribution in [3.63, 3.8) is 0 Å². The van der Waals surface area contributed by atoms with Crippen LogP contribution in [0.3, 0.4) is 0 Å². The third-order valence-electron chi connectivity index (χ3n) is 3.40. The molecular weight excluding hydrogens is 261 g/mol. The van der Waals surface area contributed by atoms with Gasteiger partial charge in [0.2, 0.25) is 5.91 Å². The molecule has 1 amide bonds. The van der Waals surface area contributed by atoms with E-state index < -0.39 is 11.8 Å². The summed E-state index contributed by atoms with van der Waals surface area (Å²) in [6.45, 7) is 4.19. The van der Waals surface area contributed by atoms with Gasteiger partial charge in [0, 0.05) is 24.6 Å². The van der Waals surface area contributed by atoms with Crippen LogP contribution in [0, 0.1) is 11.7 Å². The maximum absolute atomic E-state index is 13.9. The number of methoxy groups -OCH3 is 1. The van der Waals surface area contributed by atoms with Gasteiger partial charge >= 0.3 is 5.97 Å². The number of hydrogen-bond donors (Lipinski definition) is 0. The lowest BCUT2D eigenvalue weighted by Gasteiger charge is -2.17. The minimum Gasteiger partial charge on any atom is -0.469 e. The van der Waals surface area contributed by atoms with E-state index in [9.17, 15) is 14.0 Å². The number of rotatable bonds is 4. The van der Waals surface area contributed by atoms with Crippen molar-refractivity contribution < 1.29 is 18.7 Å². The van der Waals surface area contributed by atoms with Crippen LogP contribution in [0.25, 0.3) is 0 Å². The summed E-state index contributed by atoms with van der Waals surface area (Å²) in [6, 6.07) is 4.43. The molecule has 2 rings (SSSR count). The highest BCUT2D eigenvalue weighted by Gasteiger charge is 2.29. The Bertz CT molecular complexity index is 556. The van der Waals surface area contributed by atoms with Crippen molar-refractivity contribution in [2.45, 2.75) is 12.8 Å². The molecule has 0 spiro atoms. The molecule has 5 heteroatoms. The first-order chi connectivity index (χ1) is 9.55. The van der Waals surface area contributed by atoms with Crippen LogP contribution >= 0.6 is 0 Å². The summed E-state index contributed by atoms with van der Waals surface area (Å²) >= 11 is 0. The SMILES string of the molecule is C=CC1CC(=O)N(c2ccc(CC(=O)OC)c(F)c2)C1. The van der Waals surface area contributed by atoms with Gasteiger partial charge in [-0.25, -0.2) is 4.39 Å². The Hall–Kier alpha value is -2.17. The molecule has 0 aliphatic carbocycles. The second-order valence-electron chi connectivity index (χ2n) is 4.73. The Balaban J connectivity index is 2.19. The third kappa shape index (κ3) is 2.87. The standard InChI is InChI=1S/C15H16FNO3/c1-3-10-6-14(18)17(9-10)12-5-4-11(13(16)8-12)7-15(19)20-2/h3-5,8,10H,1,6-7,9H2,2H3. The molecular formula is C15H16FNO3. The zero-order valence-electron chi connectivity index (χ0n) is 11.3. The van der Waals surface area contributed by atoms with Gasteiger partial charge in [0.15, 0.2) is 0 Å². The van der Waals surface area contributed by atoms with E-state index in [1.165, 1.54) is 24.1 Å². The average molecular weight is 277 g/mol. The number of anilines is 1. The van der Waals surface area contributed by atoms with Crippen molar-refractivity contribution in [3.8, 4) is 0 Å². The molecule has 4 nitrogen and oxygen atoms in total. The second-order valence-corrected chi connectivity index (χ2v) is 4.73. The molecule has 1 aromatic rings. The fourth-order valence-electron chi connectivity index (χ4n) is 2.22. The Morgan fingerprint density at radius 3 is 2.90 bits per heavy atom. The summed E-state index contributed by atoms with van der Waals surface area (Å²) in [5.74, 6) is -0.960. The zero-order valence-corrected chi connectivity index (χ0v) is 11.3. The Kier molecular flexibility index (Phi) is 4.17. The van der Waals surface area contributed by atoms with Crippen molar-refractivity contribution in [2.24, 2.45) is 5.92 Å². The lowest BCUT2D eigenvalue weighted by Crippen LogP contribution is -2.24. The molecule has 1 aliphatic heterocycles. The predicted molar refractivity (Wildman–Crippen MR) is 72.8 cm³/mol. The molecule has 1 aliphatic rings. The highest BCUT2D eigenvalue weighted by Crippen LogP contribution is 2.27. The number of carbonyl (C=O) groups is 2. The van der Waals surface area contributed by atoms with Gasteiger partial charge in [-0.05, 0) is 17.7 Å². The molecule has 1 unspecified atom stereocenters. The van der Waals surface area contributed by atoms with E-state index in [-0.39, 0.29) is 23.8 Å². The van der Waals surface area contributed by atoms with Gasteiger partial charge in [-0.1, -0.05) is 12.1 Å². The quantitative estimate of drug-likeness (QED) is 0.625. The fourth-order valence-corrected chi connectivity index (χ4v) is 2.22. The molecule has 20 heavy (non-hydrogen) atoms. The van der Waals surface area contributed by atoms with Gasteiger partial charge in [-0.15, -0.1) is 6.58 Å². The lowest BCUT2D eigenvalue weighted by atomic mass is 10.1. The largest absolute Gasteiger partial charge is 0.469 e. The minimum atomic E-state index is -0.511. The van der Waals surface area contributed by atoms with Gasteiger partial charge in [0.05, 0.1) is 13.5 Å².